The molecule has 1 heterocycles. The number of hydrogen-bond acceptors (Lipinski definition) is 5. The molecule has 0 aliphatic carbocycles. The maximum absolute atomic E-state index is 12.5. The van der Waals surface area contributed by atoms with E-state index in [9.17, 15) is 18.3 Å². The Kier molecular flexibility index (Phi) is 4.81. The molecule has 0 unspecified atom stereocenters. The summed E-state index contributed by atoms with van der Waals surface area (Å²) >= 11 is 0. The van der Waals surface area contributed by atoms with Crippen molar-refractivity contribution in [3.05, 3.63) is 77.7 Å². The van der Waals surface area contributed by atoms with Crippen molar-refractivity contribution in [3.8, 4) is 5.75 Å². The van der Waals surface area contributed by atoms with Gasteiger partial charge in [-0.05, 0) is 42.8 Å². The molecule has 134 valence electrons. The number of phenols is 1. The van der Waals surface area contributed by atoms with Crippen molar-refractivity contribution in [2.45, 2.75) is 17.6 Å². The van der Waals surface area contributed by atoms with E-state index in [1.807, 2.05) is 6.92 Å². The summed E-state index contributed by atoms with van der Waals surface area (Å²) in [6.07, 6.45) is 1.26. The zero-order valence-electron chi connectivity index (χ0n) is 14.0. The minimum atomic E-state index is -3.62. The molecule has 0 atom stereocenters. The lowest BCUT2D eigenvalue weighted by Gasteiger charge is -2.08. The summed E-state index contributed by atoms with van der Waals surface area (Å²) in [5.41, 5.74) is 1.31. The lowest BCUT2D eigenvalue weighted by molar-refractivity contribution is 0.0995. The lowest BCUT2D eigenvalue weighted by atomic mass is 10.2. The largest absolute Gasteiger partial charge is 0.506 e. The standard InChI is InChI=1S/C19H17NO5S/c1-13-7-8-16(17(21)11-13)20-19(22)18-14(9-10-25-18)12-26(23,24)15-5-3-2-4-6-15/h2-11,21H,12H2,1H3,(H,20,22). The van der Waals surface area contributed by atoms with Gasteiger partial charge >= 0.3 is 0 Å². The summed E-state index contributed by atoms with van der Waals surface area (Å²) in [4.78, 5) is 12.6. The van der Waals surface area contributed by atoms with Crippen LogP contribution in [0.5, 0.6) is 5.75 Å². The normalized spacial score (nSPS) is 11.3. The average molecular weight is 371 g/mol. The Morgan fingerprint density at radius 2 is 1.85 bits per heavy atom. The van der Waals surface area contributed by atoms with Gasteiger partial charge in [-0.1, -0.05) is 24.3 Å². The van der Waals surface area contributed by atoms with Gasteiger partial charge in [0.05, 0.1) is 22.6 Å². The van der Waals surface area contributed by atoms with Gasteiger partial charge in [-0.25, -0.2) is 8.42 Å². The number of benzene rings is 2. The van der Waals surface area contributed by atoms with Crippen molar-refractivity contribution in [1.29, 1.82) is 0 Å². The molecule has 0 saturated carbocycles. The number of amides is 1. The van der Waals surface area contributed by atoms with Crippen molar-refractivity contribution in [2.75, 3.05) is 5.32 Å². The number of carbonyl (C=O) groups excluding carboxylic acids is 1. The molecule has 0 aliphatic rings. The van der Waals surface area contributed by atoms with Gasteiger partial charge in [0.2, 0.25) is 0 Å². The predicted molar refractivity (Wildman–Crippen MR) is 96.8 cm³/mol. The molecule has 0 bridgehead atoms. The maximum atomic E-state index is 12.5. The first-order valence-electron chi connectivity index (χ1n) is 7.82. The Hall–Kier alpha value is -3.06. The van der Waals surface area contributed by atoms with Crippen LogP contribution in [0.15, 0.2) is 70.2 Å². The first-order chi connectivity index (χ1) is 12.4. The van der Waals surface area contributed by atoms with Crippen LogP contribution in [0.3, 0.4) is 0 Å². The number of furan rings is 1. The molecule has 0 aliphatic heterocycles. The van der Waals surface area contributed by atoms with Crippen LogP contribution in [0.25, 0.3) is 0 Å². The van der Waals surface area contributed by atoms with Gasteiger partial charge < -0.3 is 14.8 Å². The number of hydrogen-bond donors (Lipinski definition) is 2. The zero-order chi connectivity index (χ0) is 18.7. The number of phenolic OH excluding ortho intramolecular Hbond substituents is 1. The predicted octanol–water partition coefficient (Wildman–Crippen LogP) is 3.52. The minimum Gasteiger partial charge on any atom is -0.506 e. The van der Waals surface area contributed by atoms with Gasteiger partial charge in [0.1, 0.15) is 5.75 Å². The van der Waals surface area contributed by atoms with Gasteiger partial charge in [-0.2, -0.15) is 0 Å². The fourth-order valence-corrected chi connectivity index (χ4v) is 3.87. The Labute approximate surface area is 151 Å². The molecule has 0 spiro atoms. The van der Waals surface area contributed by atoms with Crippen molar-refractivity contribution >= 4 is 21.4 Å². The highest BCUT2D eigenvalue weighted by Gasteiger charge is 2.23. The molecule has 0 fully saturated rings. The van der Waals surface area contributed by atoms with Crippen LogP contribution in [0.4, 0.5) is 5.69 Å². The summed E-state index contributed by atoms with van der Waals surface area (Å²) < 4.78 is 30.2. The molecule has 6 nitrogen and oxygen atoms in total. The van der Waals surface area contributed by atoms with Crippen LogP contribution in [-0.4, -0.2) is 19.4 Å². The molecule has 3 aromatic rings. The van der Waals surface area contributed by atoms with Crippen LogP contribution in [0, 0.1) is 6.92 Å². The van der Waals surface area contributed by atoms with E-state index in [0.717, 1.165) is 5.56 Å². The highest BCUT2D eigenvalue weighted by molar-refractivity contribution is 7.90. The Morgan fingerprint density at radius 3 is 2.54 bits per heavy atom. The molecule has 2 aromatic carbocycles. The number of carbonyl (C=O) groups is 1. The topological polar surface area (TPSA) is 96.6 Å². The van der Waals surface area contributed by atoms with Crippen LogP contribution in [-0.2, 0) is 15.6 Å². The second kappa shape index (κ2) is 7.05. The van der Waals surface area contributed by atoms with Crippen LogP contribution >= 0.6 is 0 Å². The SMILES string of the molecule is Cc1ccc(NC(=O)c2occc2CS(=O)(=O)c2ccccc2)c(O)c1. The molecule has 1 amide bonds. The second-order valence-electron chi connectivity index (χ2n) is 5.82. The second-order valence-corrected chi connectivity index (χ2v) is 7.81. The van der Waals surface area contributed by atoms with Gasteiger partial charge in [0, 0.05) is 5.56 Å². The quantitative estimate of drug-likeness (QED) is 0.669. The van der Waals surface area contributed by atoms with Crippen molar-refractivity contribution in [2.24, 2.45) is 0 Å². The third-order valence-electron chi connectivity index (χ3n) is 3.80. The lowest BCUT2D eigenvalue weighted by Crippen LogP contribution is -2.15. The summed E-state index contributed by atoms with van der Waals surface area (Å²) in [5.74, 6) is -1.18. The number of aryl methyl sites for hydroxylation is 1. The first-order valence-corrected chi connectivity index (χ1v) is 9.47. The van der Waals surface area contributed by atoms with E-state index in [4.69, 9.17) is 4.42 Å². The summed E-state index contributed by atoms with van der Waals surface area (Å²) in [6.45, 7) is 1.81. The molecule has 0 radical (unpaired) electrons. The molecular weight excluding hydrogens is 354 g/mol. The van der Waals surface area contributed by atoms with Gasteiger partial charge in [0.25, 0.3) is 5.91 Å². The van der Waals surface area contributed by atoms with E-state index < -0.39 is 15.7 Å². The number of sulfone groups is 1. The van der Waals surface area contributed by atoms with Crippen molar-refractivity contribution in [3.63, 3.8) is 0 Å². The highest BCUT2D eigenvalue weighted by Crippen LogP contribution is 2.26. The van der Waals surface area contributed by atoms with E-state index in [0.29, 0.717) is 0 Å². The number of nitrogens with one attached hydrogen (secondary N) is 1. The van der Waals surface area contributed by atoms with Crippen molar-refractivity contribution < 1.29 is 22.7 Å². The smallest absolute Gasteiger partial charge is 0.291 e. The maximum Gasteiger partial charge on any atom is 0.291 e. The van der Waals surface area contributed by atoms with Gasteiger partial charge in [-0.15, -0.1) is 0 Å². The number of rotatable bonds is 5. The third kappa shape index (κ3) is 3.78. The Balaban J connectivity index is 1.83. The van der Waals surface area contributed by atoms with Crippen LogP contribution in [0.2, 0.25) is 0 Å². The fourth-order valence-electron chi connectivity index (χ4n) is 2.49. The monoisotopic (exact) mass is 371 g/mol. The van der Waals surface area contributed by atoms with E-state index in [2.05, 4.69) is 5.32 Å². The number of aromatic hydroxyl groups is 1. The zero-order valence-corrected chi connectivity index (χ0v) is 14.8. The van der Waals surface area contributed by atoms with Crippen LogP contribution in [0.1, 0.15) is 21.7 Å². The Bertz CT molecular complexity index is 1040. The summed E-state index contributed by atoms with van der Waals surface area (Å²) in [6, 6.07) is 14.3. The molecular formula is C19H17NO5S. The van der Waals surface area contributed by atoms with Gasteiger partial charge in [-0.3, -0.25) is 4.79 Å². The molecule has 7 heteroatoms. The highest BCUT2D eigenvalue weighted by atomic mass is 32.2. The first kappa shape index (κ1) is 17.8. The number of anilines is 1. The molecule has 26 heavy (non-hydrogen) atoms. The van der Waals surface area contributed by atoms with E-state index in [1.165, 1.54) is 30.5 Å². The van der Waals surface area contributed by atoms with E-state index >= 15 is 0 Å². The molecule has 0 saturated heterocycles. The average Bonchev–Trinajstić information content (AvgIpc) is 3.05. The minimum absolute atomic E-state index is 0.0802. The molecule has 2 N–H and O–H groups in total. The summed E-state index contributed by atoms with van der Waals surface area (Å²) in [7, 11) is -3.62. The van der Waals surface area contributed by atoms with Gasteiger partial charge in [0.15, 0.2) is 15.6 Å². The van der Waals surface area contributed by atoms with Crippen LogP contribution < -0.4 is 5.32 Å². The Morgan fingerprint density at radius 1 is 1.12 bits per heavy atom. The summed E-state index contributed by atoms with van der Waals surface area (Å²) in [5, 5.41) is 12.4. The third-order valence-corrected chi connectivity index (χ3v) is 5.48. The van der Waals surface area contributed by atoms with E-state index in [-0.39, 0.29) is 33.4 Å². The molecule has 1 aromatic heterocycles. The fraction of sp³-hybridized carbons (Fsp3) is 0.105. The van der Waals surface area contributed by atoms with Crippen molar-refractivity contribution in [1.82, 2.24) is 0 Å². The van der Waals surface area contributed by atoms with E-state index in [1.54, 1.807) is 30.3 Å². The molecule has 3 rings (SSSR count).